The Morgan fingerprint density at radius 1 is 1.35 bits per heavy atom. The van der Waals surface area contributed by atoms with Crippen LogP contribution in [0, 0.1) is 12.8 Å². The van der Waals surface area contributed by atoms with E-state index in [1.54, 1.807) is 10.9 Å². The summed E-state index contributed by atoms with van der Waals surface area (Å²) in [5.41, 5.74) is 1.17. The molecular weight excluding hydrogens is 347 g/mol. The van der Waals surface area contributed by atoms with Gasteiger partial charge in [-0.05, 0) is 25.5 Å². The molecule has 1 aliphatic heterocycles. The number of carbonyl (C=O) groups is 1. The molecule has 6 nitrogen and oxygen atoms in total. The number of amides is 1. The van der Waals surface area contributed by atoms with Crippen LogP contribution in [0.1, 0.15) is 23.2 Å². The second kappa shape index (κ2) is 6.97. The van der Waals surface area contributed by atoms with Crippen LogP contribution >= 0.6 is 0 Å². The third kappa shape index (κ3) is 3.81. The normalized spacial score (nSPS) is 17.6. The van der Waals surface area contributed by atoms with E-state index < -0.39 is 11.7 Å². The number of aryl methyl sites for hydroxylation is 1. The van der Waals surface area contributed by atoms with E-state index in [4.69, 9.17) is 0 Å². The minimum atomic E-state index is -4.40. The van der Waals surface area contributed by atoms with Gasteiger partial charge in [0.15, 0.2) is 0 Å². The molecular formula is C17H20F3N5O. The van der Waals surface area contributed by atoms with Gasteiger partial charge in [-0.3, -0.25) is 9.48 Å². The molecule has 2 aromatic rings. The van der Waals surface area contributed by atoms with Gasteiger partial charge in [0.05, 0.1) is 17.7 Å². The molecule has 1 amide bonds. The minimum Gasteiger partial charge on any atom is -0.356 e. The van der Waals surface area contributed by atoms with Crippen LogP contribution in [0.4, 0.5) is 19.0 Å². The lowest BCUT2D eigenvalue weighted by atomic mass is 10.1. The fraction of sp³-hybridized carbons (Fsp3) is 0.471. The molecule has 0 radical (unpaired) electrons. The average Bonchev–Trinajstić information content (AvgIpc) is 3.21. The highest BCUT2D eigenvalue weighted by Gasteiger charge is 2.32. The third-order valence-electron chi connectivity index (χ3n) is 4.75. The number of nitrogens with zero attached hydrogens (tertiary/aromatic N) is 4. The van der Waals surface area contributed by atoms with E-state index in [-0.39, 0.29) is 11.8 Å². The summed E-state index contributed by atoms with van der Waals surface area (Å²) in [6.07, 6.45) is -1.21. The molecule has 0 aliphatic carbocycles. The Labute approximate surface area is 149 Å². The first-order chi connectivity index (χ1) is 12.3. The highest BCUT2D eigenvalue weighted by atomic mass is 19.4. The number of carbonyl (C=O) groups excluding carboxylic acids is 1. The van der Waals surface area contributed by atoms with E-state index in [9.17, 15) is 18.0 Å². The van der Waals surface area contributed by atoms with E-state index in [0.717, 1.165) is 23.5 Å². The summed E-state index contributed by atoms with van der Waals surface area (Å²) in [4.78, 5) is 18.1. The van der Waals surface area contributed by atoms with Gasteiger partial charge in [0.2, 0.25) is 5.91 Å². The molecule has 1 N–H and O–H groups in total. The van der Waals surface area contributed by atoms with Gasteiger partial charge in [0.25, 0.3) is 0 Å². The SMILES string of the molecule is Cc1c(CNC(=O)C2CCN(c3ccc(C(F)(F)F)cn3)C2)cnn1C. The van der Waals surface area contributed by atoms with Crippen LogP contribution in [-0.2, 0) is 24.6 Å². The summed E-state index contributed by atoms with van der Waals surface area (Å²) in [6, 6.07) is 2.36. The first-order valence-corrected chi connectivity index (χ1v) is 8.29. The lowest BCUT2D eigenvalue weighted by Gasteiger charge is -2.18. The van der Waals surface area contributed by atoms with Crippen molar-refractivity contribution in [3.05, 3.63) is 41.3 Å². The number of alkyl halides is 3. The molecule has 1 aliphatic rings. The average molecular weight is 367 g/mol. The Morgan fingerprint density at radius 3 is 2.69 bits per heavy atom. The molecule has 0 bridgehead atoms. The van der Waals surface area contributed by atoms with E-state index in [1.807, 2.05) is 18.9 Å². The quantitative estimate of drug-likeness (QED) is 0.901. The molecule has 2 aromatic heterocycles. The van der Waals surface area contributed by atoms with Crippen molar-refractivity contribution < 1.29 is 18.0 Å². The first-order valence-electron chi connectivity index (χ1n) is 8.29. The molecule has 1 fully saturated rings. The zero-order valence-electron chi connectivity index (χ0n) is 14.5. The highest BCUT2D eigenvalue weighted by molar-refractivity contribution is 5.80. The summed E-state index contributed by atoms with van der Waals surface area (Å²) < 4.78 is 39.6. The van der Waals surface area contributed by atoms with Crippen LogP contribution in [0.3, 0.4) is 0 Å². The lowest BCUT2D eigenvalue weighted by molar-refractivity contribution is -0.137. The van der Waals surface area contributed by atoms with Gasteiger partial charge in [-0.15, -0.1) is 0 Å². The standard InChI is InChI=1S/C17H20F3N5O/c1-11-13(8-23-24(11)2)7-22-16(26)12-5-6-25(10-12)15-4-3-14(9-21-15)17(18,19)20/h3-4,8-9,12H,5-7,10H2,1-2H3,(H,22,26). The maximum Gasteiger partial charge on any atom is 0.417 e. The molecule has 0 spiro atoms. The van der Waals surface area contributed by atoms with Crippen molar-refractivity contribution in [3.8, 4) is 0 Å². The molecule has 3 heterocycles. The van der Waals surface area contributed by atoms with E-state index in [2.05, 4.69) is 15.4 Å². The van der Waals surface area contributed by atoms with Gasteiger partial charge < -0.3 is 10.2 Å². The van der Waals surface area contributed by atoms with E-state index in [1.165, 1.54) is 6.07 Å². The monoisotopic (exact) mass is 367 g/mol. The van der Waals surface area contributed by atoms with Crippen LogP contribution in [0.2, 0.25) is 0 Å². The zero-order chi connectivity index (χ0) is 18.9. The Balaban J connectivity index is 1.56. The van der Waals surface area contributed by atoms with Crippen molar-refractivity contribution in [2.24, 2.45) is 13.0 Å². The topological polar surface area (TPSA) is 63.1 Å². The van der Waals surface area contributed by atoms with Crippen molar-refractivity contribution in [2.45, 2.75) is 26.1 Å². The Hall–Kier alpha value is -2.58. The highest BCUT2D eigenvalue weighted by Crippen LogP contribution is 2.30. The Morgan fingerprint density at radius 2 is 2.12 bits per heavy atom. The molecule has 1 saturated heterocycles. The van der Waals surface area contributed by atoms with Gasteiger partial charge in [-0.25, -0.2) is 4.98 Å². The van der Waals surface area contributed by atoms with Gasteiger partial charge in [0.1, 0.15) is 5.82 Å². The Bertz CT molecular complexity index is 785. The van der Waals surface area contributed by atoms with E-state index >= 15 is 0 Å². The third-order valence-corrected chi connectivity index (χ3v) is 4.75. The molecule has 1 unspecified atom stereocenters. The van der Waals surface area contributed by atoms with Gasteiger partial charge in [0, 0.05) is 44.1 Å². The number of aromatic nitrogens is 3. The second-order valence-electron chi connectivity index (χ2n) is 6.43. The van der Waals surface area contributed by atoms with E-state index in [0.29, 0.717) is 31.9 Å². The van der Waals surface area contributed by atoms with Crippen molar-refractivity contribution in [1.82, 2.24) is 20.1 Å². The fourth-order valence-corrected chi connectivity index (χ4v) is 2.97. The number of anilines is 1. The summed E-state index contributed by atoms with van der Waals surface area (Å²) in [6.45, 7) is 3.37. The summed E-state index contributed by atoms with van der Waals surface area (Å²) in [5.74, 6) is 0.176. The number of halogens is 3. The molecule has 0 saturated carbocycles. The minimum absolute atomic E-state index is 0.0670. The van der Waals surface area contributed by atoms with Crippen LogP contribution in [0.15, 0.2) is 24.5 Å². The van der Waals surface area contributed by atoms with Gasteiger partial charge in [-0.2, -0.15) is 18.3 Å². The Kier molecular flexibility index (Phi) is 4.88. The maximum atomic E-state index is 12.6. The summed E-state index contributed by atoms with van der Waals surface area (Å²) in [5, 5.41) is 7.04. The van der Waals surface area contributed by atoms with Crippen LogP contribution in [0.25, 0.3) is 0 Å². The lowest BCUT2D eigenvalue weighted by Crippen LogP contribution is -2.32. The van der Waals surface area contributed by atoms with Crippen molar-refractivity contribution >= 4 is 11.7 Å². The number of hydrogen-bond donors (Lipinski definition) is 1. The van der Waals surface area contributed by atoms with Crippen LogP contribution < -0.4 is 10.2 Å². The summed E-state index contributed by atoms with van der Waals surface area (Å²) in [7, 11) is 1.84. The second-order valence-corrected chi connectivity index (χ2v) is 6.43. The van der Waals surface area contributed by atoms with Crippen molar-refractivity contribution in [2.75, 3.05) is 18.0 Å². The van der Waals surface area contributed by atoms with Gasteiger partial charge >= 0.3 is 6.18 Å². The maximum absolute atomic E-state index is 12.6. The molecule has 140 valence electrons. The van der Waals surface area contributed by atoms with Crippen LogP contribution in [0.5, 0.6) is 0 Å². The smallest absolute Gasteiger partial charge is 0.356 e. The van der Waals surface area contributed by atoms with Gasteiger partial charge in [-0.1, -0.05) is 0 Å². The molecule has 3 rings (SSSR count). The number of rotatable bonds is 4. The van der Waals surface area contributed by atoms with Crippen LogP contribution in [-0.4, -0.2) is 33.8 Å². The number of hydrogen-bond acceptors (Lipinski definition) is 4. The predicted octanol–water partition coefficient (Wildman–Crippen LogP) is 2.29. The first kappa shape index (κ1) is 18.2. The number of pyridine rings is 1. The van der Waals surface area contributed by atoms with Crippen molar-refractivity contribution in [1.29, 1.82) is 0 Å². The molecule has 0 aromatic carbocycles. The molecule has 9 heteroatoms. The summed E-state index contributed by atoms with van der Waals surface area (Å²) >= 11 is 0. The zero-order valence-corrected chi connectivity index (χ0v) is 14.5. The predicted molar refractivity (Wildman–Crippen MR) is 89.4 cm³/mol. The van der Waals surface area contributed by atoms with Crippen molar-refractivity contribution in [3.63, 3.8) is 0 Å². The number of nitrogens with one attached hydrogen (secondary N) is 1. The molecule has 1 atom stereocenters. The molecule has 26 heavy (non-hydrogen) atoms. The fourth-order valence-electron chi connectivity index (χ4n) is 2.97. The largest absolute Gasteiger partial charge is 0.417 e.